The van der Waals surface area contributed by atoms with E-state index >= 15 is 0 Å². The second-order valence-corrected chi connectivity index (χ2v) is 7.15. The number of nitrogens with one attached hydrogen (secondary N) is 2. The van der Waals surface area contributed by atoms with E-state index in [1.54, 1.807) is 18.2 Å². The summed E-state index contributed by atoms with van der Waals surface area (Å²) in [4.78, 5) is 8.89. The number of aryl methyl sites for hydroxylation is 1. The van der Waals surface area contributed by atoms with E-state index in [4.69, 9.17) is 0 Å². The number of aromatic nitrogens is 4. The molecule has 0 atom stereocenters. The van der Waals surface area contributed by atoms with Gasteiger partial charge in [-0.15, -0.1) is 0 Å². The molecular formula is C23H16F3N5. The zero-order valence-corrected chi connectivity index (χ0v) is 16.3. The van der Waals surface area contributed by atoms with Crippen molar-refractivity contribution in [2.75, 3.05) is 5.32 Å². The van der Waals surface area contributed by atoms with Gasteiger partial charge in [-0.3, -0.25) is 5.10 Å². The van der Waals surface area contributed by atoms with Crippen molar-refractivity contribution in [1.82, 2.24) is 20.2 Å². The molecule has 5 nitrogen and oxygen atoms in total. The molecule has 0 amide bonds. The van der Waals surface area contributed by atoms with E-state index in [0.29, 0.717) is 22.5 Å². The number of nitrogens with zero attached hydrogens (tertiary/aromatic N) is 3. The molecular weight excluding hydrogens is 403 g/mol. The van der Waals surface area contributed by atoms with E-state index in [-0.39, 0.29) is 11.4 Å². The minimum atomic E-state index is -4.52. The molecule has 0 aliphatic carbocycles. The number of para-hydroxylation sites is 1. The van der Waals surface area contributed by atoms with Crippen LogP contribution in [-0.2, 0) is 6.18 Å². The van der Waals surface area contributed by atoms with E-state index in [0.717, 1.165) is 22.5 Å². The largest absolute Gasteiger partial charge is 0.417 e. The first kappa shape index (κ1) is 19.0. The van der Waals surface area contributed by atoms with Gasteiger partial charge in [0, 0.05) is 16.3 Å². The molecule has 0 spiro atoms. The van der Waals surface area contributed by atoms with Crippen molar-refractivity contribution >= 4 is 33.4 Å². The summed E-state index contributed by atoms with van der Waals surface area (Å²) >= 11 is 0. The zero-order chi connectivity index (χ0) is 21.6. The van der Waals surface area contributed by atoms with Gasteiger partial charge in [0.1, 0.15) is 5.82 Å². The number of benzene rings is 3. The Hall–Kier alpha value is -3.94. The molecule has 2 N–H and O–H groups in total. The van der Waals surface area contributed by atoms with Crippen molar-refractivity contribution in [3.63, 3.8) is 0 Å². The van der Waals surface area contributed by atoms with Crippen molar-refractivity contribution in [1.29, 1.82) is 0 Å². The molecule has 8 heteroatoms. The molecule has 0 unspecified atom stereocenters. The van der Waals surface area contributed by atoms with Gasteiger partial charge in [0.25, 0.3) is 0 Å². The first-order valence-electron chi connectivity index (χ1n) is 9.56. The predicted molar refractivity (Wildman–Crippen MR) is 114 cm³/mol. The van der Waals surface area contributed by atoms with E-state index in [1.807, 2.05) is 37.3 Å². The minimum absolute atomic E-state index is 0.00862. The van der Waals surface area contributed by atoms with Crippen LogP contribution in [0.2, 0.25) is 0 Å². The maximum absolute atomic E-state index is 13.6. The first-order chi connectivity index (χ1) is 14.9. The van der Waals surface area contributed by atoms with Crippen molar-refractivity contribution in [3.05, 3.63) is 77.9 Å². The fourth-order valence-electron chi connectivity index (χ4n) is 3.67. The third kappa shape index (κ3) is 3.35. The smallest absolute Gasteiger partial charge is 0.322 e. The fourth-order valence-corrected chi connectivity index (χ4v) is 3.67. The maximum atomic E-state index is 13.6. The Kier molecular flexibility index (Phi) is 4.35. The molecule has 3 aromatic carbocycles. The number of fused-ring (bicyclic) bond motifs is 2. The number of hydrogen-bond acceptors (Lipinski definition) is 4. The number of alkyl halides is 3. The molecule has 0 saturated heterocycles. The van der Waals surface area contributed by atoms with E-state index in [9.17, 15) is 13.2 Å². The maximum Gasteiger partial charge on any atom is 0.417 e. The average Bonchev–Trinajstić information content (AvgIpc) is 3.17. The third-order valence-corrected chi connectivity index (χ3v) is 5.11. The second-order valence-electron chi connectivity index (χ2n) is 7.15. The van der Waals surface area contributed by atoms with Gasteiger partial charge in [-0.2, -0.15) is 18.3 Å². The van der Waals surface area contributed by atoms with Crippen LogP contribution in [-0.4, -0.2) is 20.2 Å². The summed E-state index contributed by atoms with van der Waals surface area (Å²) < 4.78 is 40.8. The molecule has 0 fully saturated rings. The monoisotopic (exact) mass is 419 g/mol. The number of rotatable bonds is 3. The van der Waals surface area contributed by atoms with E-state index in [1.165, 1.54) is 12.1 Å². The number of H-pyrrole nitrogens is 1. The summed E-state index contributed by atoms with van der Waals surface area (Å²) in [5.74, 6) is 0.923. The quantitative estimate of drug-likeness (QED) is 0.363. The number of aromatic amines is 1. The predicted octanol–water partition coefficient (Wildman–Crippen LogP) is 6.24. The number of halogens is 3. The van der Waals surface area contributed by atoms with Crippen molar-refractivity contribution in [2.45, 2.75) is 13.1 Å². The van der Waals surface area contributed by atoms with E-state index in [2.05, 4.69) is 25.5 Å². The van der Waals surface area contributed by atoms with Crippen LogP contribution in [0.5, 0.6) is 0 Å². The lowest BCUT2D eigenvalue weighted by molar-refractivity contribution is -0.137. The average molecular weight is 419 g/mol. The summed E-state index contributed by atoms with van der Waals surface area (Å²) in [6.07, 6.45) is -4.52. The Bertz CT molecular complexity index is 1420. The normalized spacial score (nSPS) is 11.9. The number of hydrogen-bond donors (Lipinski definition) is 2. The van der Waals surface area contributed by atoms with Gasteiger partial charge in [-0.1, -0.05) is 42.5 Å². The second kappa shape index (κ2) is 7.09. The molecule has 0 bridgehead atoms. The van der Waals surface area contributed by atoms with Gasteiger partial charge in [0.2, 0.25) is 0 Å². The van der Waals surface area contributed by atoms with Crippen molar-refractivity contribution in [2.24, 2.45) is 0 Å². The van der Waals surface area contributed by atoms with Crippen LogP contribution in [0.15, 0.2) is 66.7 Å². The summed E-state index contributed by atoms with van der Waals surface area (Å²) in [6, 6.07) is 18.3. The van der Waals surface area contributed by atoms with Gasteiger partial charge >= 0.3 is 6.18 Å². The van der Waals surface area contributed by atoms with Gasteiger partial charge in [-0.05, 0) is 36.8 Å². The molecule has 154 valence electrons. The lowest BCUT2D eigenvalue weighted by Gasteiger charge is -2.14. The van der Waals surface area contributed by atoms with Crippen LogP contribution >= 0.6 is 0 Å². The van der Waals surface area contributed by atoms with Crippen LogP contribution in [0, 0.1) is 6.92 Å². The van der Waals surface area contributed by atoms with E-state index < -0.39 is 11.7 Å². The van der Waals surface area contributed by atoms with Crippen LogP contribution in [0.4, 0.5) is 24.8 Å². The summed E-state index contributed by atoms with van der Waals surface area (Å²) in [5, 5.41) is 12.1. The van der Waals surface area contributed by atoms with Crippen molar-refractivity contribution < 1.29 is 13.2 Å². The van der Waals surface area contributed by atoms with Crippen LogP contribution in [0.1, 0.15) is 11.1 Å². The highest BCUT2D eigenvalue weighted by molar-refractivity contribution is 5.98. The zero-order valence-electron chi connectivity index (χ0n) is 16.3. The highest BCUT2D eigenvalue weighted by atomic mass is 19.4. The Labute approximate surface area is 175 Å². The molecule has 5 rings (SSSR count). The van der Waals surface area contributed by atoms with Gasteiger partial charge in [0.05, 0.1) is 16.6 Å². The lowest BCUT2D eigenvalue weighted by Crippen LogP contribution is -2.08. The molecule has 0 aliphatic heterocycles. The summed E-state index contributed by atoms with van der Waals surface area (Å²) in [7, 11) is 0. The minimum Gasteiger partial charge on any atom is -0.322 e. The van der Waals surface area contributed by atoms with Gasteiger partial charge < -0.3 is 5.32 Å². The first-order valence-corrected chi connectivity index (χ1v) is 9.56. The number of anilines is 2. The summed E-state index contributed by atoms with van der Waals surface area (Å²) in [6.45, 7) is 1.96. The molecule has 0 saturated carbocycles. The standard InChI is InChI=1S/C23H16F3N5/c1-13-7-6-12-18-19(13)22(31-30-18)29-21-15-9-3-5-11-17(15)27-20(28-21)14-8-2-4-10-16(14)23(24,25)26/h2-12H,1H3,(H2,27,28,29,30,31). The Balaban J connectivity index is 1.71. The van der Waals surface area contributed by atoms with Gasteiger partial charge in [-0.25, -0.2) is 9.97 Å². The molecule has 31 heavy (non-hydrogen) atoms. The van der Waals surface area contributed by atoms with Crippen LogP contribution in [0.3, 0.4) is 0 Å². The molecule has 2 aromatic heterocycles. The third-order valence-electron chi connectivity index (χ3n) is 5.11. The molecule has 0 aliphatic rings. The molecule has 0 radical (unpaired) electrons. The highest BCUT2D eigenvalue weighted by Crippen LogP contribution is 2.37. The fraction of sp³-hybridized carbons (Fsp3) is 0.0870. The lowest BCUT2D eigenvalue weighted by atomic mass is 10.1. The van der Waals surface area contributed by atoms with Gasteiger partial charge in [0.15, 0.2) is 11.6 Å². The Morgan fingerprint density at radius 1 is 0.839 bits per heavy atom. The highest BCUT2D eigenvalue weighted by Gasteiger charge is 2.34. The Morgan fingerprint density at radius 3 is 2.45 bits per heavy atom. The SMILES string of the molecule is Cc1cccc2[nH]nc(Nc3nc(-c4ccccc4C(F)(F)F)nc4ccccc34)c12. The van der Waals surface area contributed by atoms with Crippen LogP contribution in [0.25, 0.3) is 33.2 Å². The van der Waals surface area contributed by atoms with Crippen molar-refractivity contribution in [3.8, 4) is 11.4 Å². The molecule has 5 aromatic rings. The Morgan fingerprint density at radius 2 is 1.61 bits per heavy atom. The molecule has 2 heterocycles. The topological polar surface area (TPSA) is 66.5 Å². The van der Waals surface area contributed by atoms with Crippen LogP contribution < -0.4 is 5.32 Å². The summed E-state index contributed by atoms with van der Waals surface area (Å²) in [5.41, 5.74) is 1.53.